The van der Waals surface area contributed by atoms with E-state index in [1.807, 2.05) is 0 Å². The summed E-state index contributed by atoms with van der Waals surface area (Å²) >= 11 is 0. The minimum absolute atomic E-state index is 0.0143. The molecule has 0 aromatic heterocycles. The van der Waals surface area contributed by atoms with Gasteiger partial charge in [-0.3, -0.25) is 0 Å². The highest BCUT2D eigenvalue weighted by atomic mass is 17.3. The third-order valence-electron chi connectivity index (χ3n) is 1.08. The molecule has 0 aromatic rings. The summed E-state index contributed by atoms with van der Waals surface area (Å²) in [5.41, 5.74) is 0. The summed E-state index contributed by atoms with van der Waals surface area (Å²) in [7, 11) is 1.23. The highest BCUT2D eigenvalue weighted by Gasteiger charge is 2.06. The Morgan fingerprint density at radius 1 is 1.15 bits per heavy atom. The molecule has 7 heteroatoms. The Morgan fingerprint density at radius 2 is 1.69 bits per heavy atom. The Bertz CT molecular complexity index is 124. The van der Waals surface area contributed by atoms with Crippen LogP contribution in [0.5, 0.6) is 0 Å². The van der Waals surface area contributed by atoms with E-state index in [1.165, 1.54) is 7.11 Å². The fraction of sp³-hybridized carbons (Fsp3) is 1.00. The second-order valence-electron chi connectivity index (χ2n) is 2.66. The van der Waals surface area contributed by atoms with E-state index in [1.54, 1.807) is 13.8 Å². The summed E-state index contributed by atoms with van der Waals surface area (Å²) in [4.78, 5) is 13.1. The largest absolute Gasteiger partial charge is 0.600 e. The summed E-state index contributed by atoms with van der Waals surface area (Å²) in [5.74, 6) is 0. The third-order valence-corrected chi connectivity index (χ3v) is 1.08. The zero-order valence-electron chi connectivity index (χ0n) is 8.03. The van der Waals surface area contributed by atoms with E-state index in [-0.39, 0.29) is 19.2 Å². The van der Waals surface area contributed by atoms with Crippen molar-refractivity contribution < 1.29 is 25.2 Å². The van der Waals surface area contributed by atoms with Gasteiger partial charge in [0.25, 0.3) is 0 Å². The second-order valence-corrected chi connectivity index (χ2v) is 2.66. The maximum absolute atomic E-state index is 10.9. The molecule has 0 heterocycles. The van der Waals surface area contributed by atoms with Crippen LogP contribution >= 0.6 is 0 Å². The average Bonchev–Trinajstić information content (AvgIpc) is 2.00. The van der Waals surface area contributed by atoms with Crippen LogP contribution in [-0.4, -0.2) is 26.3 Å². The average molecular weight is 196 g/mol. The van der Waals surface area contributed by atoms with Gasteiger partial charge in [-0.15, -0.1) is 0 Å². The van der Waals surface area contributed by atoms with E-state index >= 15 is 0 Å². The van der Waals surface area contributed by atoms with Crippen LogP contribution in [0.25, 0.3) is 0 Å². The molecule has 0 saturated heterocycles. The molecule has 0 bridgehead atoms. The van der Waals surface area contributed by atoms with Gasteiger partial charge in [-0.1, -0.05) is 0 Å². The van der Waals surface area contributed by atoms with Gasteiger partial charge in [0.2, 0.25) is 0 Å². The first kappa shape index (κ1) is 12.7. The fourth-order valence-corrected chi connectivity index (χ4v) is 0.661. The van der Waals surface area contributed by atoms with Crippen LogP contribution in [0.4, 0.5) is 0 Å². The van der Waals surface area contributed by atoms with E-state index in [9.17, 15) is 10.4 Å². The lowest BCUT2D eigenvalue weighted by atomic mass is 10.5. The van der Waals surface area contributed by atoms with Gasteiger partial charge in [-0.2, -0.15) is 10.1 Å². The molecule has 0 aliphatic rings. The highest BCUT2D eigenvalue weighted by molar-refractivity contribution is 4.27. The zero-order valence-corrected chi connectivity index (χ0v) is 8.03. The molecular weight excluding hydrogens is 180 g/mol. The Hall–Kier alpha value is -0.280. The predicted octanol–water partition coefficient (Wildman–Crippen LogP) is -2.42. The maximum Gasteiger partial charge on any atom is 0.162 e. The van der Waals surface area contributed by atoms with Gasteiger partial charge < -0.3 is 10.4 Å². The van der Waals surface area contributed by atoms with Crippen LogP contribution < -0.4 is 10.5 Å². The SMILES string of the molecule is COO[NH+]([O-])CC[NH+]([O-])OC(C)C. The summed E-state index contributed by atoms with van der Waals surface area (Å²) in [5, 5.41) is 20.6. The first-order valence-corrected chi connectivity index (χ1v) is 3.99. The van der Waals surface area contributed by atoms with Crippen molar-refractivity contribution in [2.45, 2.75) is 20.0 Å². The molecule has 0 aromatic carbocycles. The van der Waals surface area contributed by atoms with Crippen molar-refractivity contribution in [3.63, 3.8) is 0 Å². The molecule has 0 saturated carbocycles. The highest BCUT2D eigenvalue weighted by Crippen LogP contribution is 1.76. The Balaban J connectivity index is 3.40. The fourth-order valence-electron chi connectivity index (χ4n) is 0.661. The topological polar surface area (TPSA) is 82.7 Å². The van der Waals surface area contributed by atoms with Crippen molar-refractivity contribution in [2.24, 2.45) is 0 Å². The van der Waals surface area contributed by atoms with E-state index in [0.29, 0.717) is 0 Å². The van der Waals surface area contributed by atoms with E-state index in [4.69, 9.17) is 4.84 Å². The number of rotatable bonds is 7. The molecule has 2 atom stereocenters. The van der Waals surface area contributed by atoms with E-state index in [2.05, 4.69) is 9.88 Å². The number of nitrogens with one attached hydrogen (secondary N) is 2. The Morgan fingerprint density at radius 3 is 2.15 bits per heavy atom. The summed E-state index contributed by atoms with van der Waals surface area (Å²) in [6.45, 7) is 3.47. The summed E-state index contributed by atoms with van der Waals surface area (Å²) in [6, 6.07) is 0. The van der Waals surface area contributed by atoms with Crippen molar-refractivity contribution in [1.29, 1.82) is 0 Å². The first-order chi connectivity index (χ1) is 6.06. The van der Waals surface area contributed by atoms with Crippen molar-refractivity contribution >= 4 is 0 Å². The zero-order chi connectivity index (χ0) is 10.3. The van der Waals surface area contributed by atoms with Gasteiger partial charge in [0.15, 0.2) is 13.1 Å². The maximum atomic E-state index is 10.9. The molecule has 0 spiro atoms. The third kappa shape index (κ3) is 8.06. The molecule has 0 aliphatic heterocycles. The molecule has 0 fully saturated rings. The van der Waals surface area contributed by atoms with Crippen molar-refractivity contribution in [3.8, 4) is 0 Å². The number of hydroxylamine groups is 4. The molecule has 7 nitrogen and oxygen atoms in total. The Kier molecular flexibility index (Phi) is 7.00. The summed E-state index contributed by atoms with van der Waals surface area (Å²) < 4.78 is 0. The first-order valence-electron chi connectivity index (χ1n) is 3.99. The minimum Gasteiger partial charge on any atom is -0.600 e. The van der Waals surface area contributed by atoms with Gasteiger partial charge in [0.1, 0.15) is 6.10 Å². The van der Waals surface area contributed by atoms with Crippen LogP contribution in [0.3, 0.4) is 0 Å². The van der Waals surface area contributed by atoms with Crippen molar-refractivity contribution in [3.05, 3.63) is 10.4 Å². The minimum atomic E-state index is -0.580. The van der Waals surface area contributed by atoms with E-state index < -0.39 is 10.5 Å². The van der Waals surface area contributed by atoms with Gasteiger partial charge in [-0.25, -0.2) is 10.1 Å². The van der Waals surface area contributed by atoms with Gasteiger partial charge in [0.05, 0.1) is 7.11 Å². The van der Waals surface area contributed by atoms with Crippen LogP contribution in [0.1, 0.15) is 13.8 Å². The smallest absolute Gasteiger partial charge is 0.162 e. The van der Waals surface area contributed by atoms with Crippen LogP contribution in [0, 0.1) is 10.4 Å². The van der Waals surface area contributed by atoms with Crippen LogP contribution in [0.2, 0.25) is 0 Å². The monoisotopic (exact) mass is 196 g/mol. The number of hydrogen-bond acceptors (Lipinski definition) is 5. The molecular formula is C6H16N2O5. The molecule has 80 valence electrons. The molecule has 2 unspecified atom stereocenters. The lowest BCUT2D eigenvalue weighted by Crippen LogP contribution is -3.15. The van der Waals surface area contributed by atoms with Gasteiger partial charge in [-0.05, 0) is 18.8 Å². The van der Waals surface area contributed by atoms with E-state index in [0.717, 1.165) is 0 Å². The van der Waals surface area contributed by atoms with Crippen LogP contribution in [0.15, 0.2) is 0 Å². The Labute approximate surface area is 76.8 Å². The van der Waals surface area contributed by atoms with Crippen molar-refractivity contribution in [2.75, 3.05) is 20.2 Å². The lowest BCUT2D eigenvalue weighted by Gasteiger charge is -2.23. The lowest BCUT2D eigenvalue weighted by molar-refractivity contribution is -1.13. The summed E-state index contributed by atoms with van der Waals surface area (Å²) in [6.07, 6.45) is -0.161. The quantitative estimate of drug-likeness (QED) is 0.350. The standard InChI is InChI=1S/C6H16N2O5/c1-6(2)12-7(9)4-5-8(10)13-11-3/h6-8H,4-5H2,1-3H3. The number of hydrogen-bond donors (Lipinski definition) is 2. The molecule has 2 N–H and O–H groups in total. The molecule has 13 heavy (non-hydrogen) atoms. The molecule has 0 radical (unpaired) electrons. The molecule has 0 amide bonds. The number of quaternary nitrogens is 2. The predicted molar refractivity (Wildman–Crippen MR) is 42.7 cm³/mol. The van der Waals surface area contributed by atoms with Crippen molar-refractivity contribution in [1.82, 2.24) is 0 Å². The second kappa shape index (κ2) is 7.15. The molecule has 0 aliphatic carbocycles. The normalized spacial score (nSPS) is 16.2. The van der Waals surface area contributed by atoms with Gasteiger partial charge in [0, 0.05) is 0 Å². The van der Waals surface area contributed by atoms with Crippen LogP contribution in [-0.2, 0) is 14.7 Å². The molecule has 0 rings (SSSR count). The van der Waals surface area contributed by atoms with Gasteiger partial charge >= 0.3 is 0 Å².